The summed E-state index contributed by atoms with van der Waals surface area (Å²) in [6, 6.07) is 11.0. The summed E-state index contributed by atoms with van der Waals surface area (Å²) in [5.41, 5.74) is 2.55. The van der Waals surface area contributed by atoms with Crippen LogP contribution in [0.3, 0.4) is 0 Å². The van der Waals surface area contributed by atoms with Crippen molar-refractivity contribution in [1.82, 2.24) is 5.32 Å². The Labute approximate surface area is 152 Å². The fourth-order valence-electron chi connectivity index (χ4n) is 2.97. The number of rotatable bonds is 4. The summed E-state index contributed by atoms with van der Waals surface area (Å²) in [5.74, 6) is -0.496. The molecule has 7 heteroatoms. The molecule has 0 unspecified atom stereocenters. The van der Waals surface area contributed by atoms with Gasteiger partial charge in [0.2, 0.25) is 10.0 Å². The maximum Gasteiger partial charge on any atom is 0.251 e. The summed E-state index contributed by atoms with van der Waals surface area (Å²) >= 11 is 0. The topological polar surface area (TPSA) is 66.5 Å². The van der Waals surface area contributed by atoms with E-state index in [1.165, 1.54) is 16.4 Å². The van der Waals surface area contributed by atoms with Crippen molar-refractivity contribution in [2.75, 3.05) is 16.6 Å². The summed E-state index contributed by atoms with van der Waals surface area (Å²) in [6.45, 7) is 2.54. The number of hydrogen-bond acceptors (Lipinski definition) is 3. The smallest absolute Gasteiger partial charge is 0.251 e. The highest BCUT2D eigenvalue weighted by Gasteiger charge is 2.27. The molecule has 0 aliphatic carbocycles. The van der Waals surface area contributed by atoms with Crippen LogP contribution < -0.4 is 9.62 Å². The Morgan fingerprint density at radius 1 is 1.15 bits per heavy atom. The van der Waals surface area contributed by atoms with Gasteiger partial charge < -0.3 is 5.32 Å². The van der Waals surface area contributed by atoms with Gasteiger partial charge in [0.25, 0.3) is 5.91 Å². The van der Waals surface area contributed by atoms with Crippen molar-refractivity contribution in [2.45, 2.75) is 26.3 Å². The minimum Gasteiger partial charge on any atom is -0.348 e. The quantitative estimate of drug-likeness (QED) is 0.892. The van der Waals surface area contributed by atoms with E-state index < -0.39 is 10.0 Å². The summed E-state index contributed by atoms with van der Waals surface area (Å²) in [7, 11) is -3.33. The number of nitrogens with one attached hydrogen (secondary N) is 1. The first-order chi connectivity index (χ1) is 12.4. The molecule has 26 heavy (non-hydrogen) atoms. The lowest BCUT2D eigenvalue weighted by Crippen LogP contribution is -2.38. The number of halogens is 1. The van der Waals surface area contributed by atoms with Crippen LogP contribution in [0.4, 0.5) is 10.1 Å². The van der Waals surface area contributed by atoms with E-state index in [4.69, 9.17) is 0 Å². The van der Waals surface area contributed by atoms with Crippen molar-refractivity contribution in [3.8, 4) is 0 Å². The largest absolute Gasteiger partial charge is 0.348 e. The molecule has 1 amide bonds. The van der Waals surface area contributed by atoms with Gasteiger partial charge >= 0.3 is 0 Å². The van der Waals surface area contributed by atoms with Crippen LogP contribution in [0.1, 0.15) is 34.3 Å². The zero-order chi connectivity index (χ0) is 18.7. The molecule has 2 aromatic carbocycles. The van der Waals surface area contributed by atoms with Gasteiger partial charge in [0, 0.05) is 18.7 Å². The van der Waals surface area contributed by atoms with Crippen LogP contribution in [0.15, 0.2) is 42.5 Å². The molecule has 0 bridgehead atoms. The van der Waals surface area contributed by atoms with Crippen molar-refractivity contribution in [1.29, 1.82) is 0 Å². The van der Waals surface area contributed by atoms with Gasteiger partial charge in [-0.15, -0.1) is 0 Å². The monoisotopic (exact) mass is 376 g/mol. The third kappa shape index (κ3) is 4.04. The SMILES string of the molecule is Cc1ccc(C(=O)NCc2ccc(F)cc2)cc1N1CCCCS1(=O)=O. The molecule has 1 fully saturated rings. The van der Waals surface area contributed by atoms with E-state index >= 15 is 0 Å². The van der Waals surface area contributed by atoms with Crippen LogP contribution in [0.25, 0.3) is 0 Å². The minimum atomic E-state index is -3.33. The van der Waals surface area contributed by atoms with Crippen LogP contribution in [0, 0.1) is 12.7 Å². The normalized spacial score (nSPS) is 16.3. The number of sulfonamides is 1. The summed E-state index contributed by atoms with van der Waals surface area (Å²) in [6.07, 6.45) is 1.47. The number of anilines is 1. The maximum atomic E-state index is 12.9. The van der Waals surface area contributed by atoms with Crippen molar-refractivity contribution in [3.05, 3.63) is 65.0 Å². The van der Waals surface area contributed by atoms with E-state index in [0.717, 1.165) is 17.5 Å². The Morgan fingerprint density at radius 2 is 1.88 bits per heavy atom. The first kappa shape index (κ1) is 18.4. The maximum absolute atomic E-state index is 12.9. The van der Waals surface area contributed by atoms with Gasteiger partial charge in [-0.25, -0.2) is 12.8 Å². The molecular formula is C19H21FN2O3S. The zero-order valence-corrected chi connectivity index (χ0v) is 15.4. The fraction of sp³-hybridized carbons (Fsp3) is 0.316. The van der Waals surface area contributed by atoms with Crippen molar-refractivity contribution < 1.29 is 17.6 Å². The molecule has 5 nitrogen and oxygen atoms in total. The van der Waals surface area contributed by atoms with Crippen molar-refractivity contribution in [3.63, 3.8) is 0 Å². The fourth-order valence-corrected chi connectivity index (χ4v) is 4.66. The van der Waals surface area contributed by atoms with Crippen molar-refractivity contribution in [2.24, 2.45) is 0 Å². The van der Waals surface area contributed by atoms with Gasteiger partial charge in [0.05, 0.1) is 11.4 Å². The second-order valence-electron chi connectivity index (χ2n) is 6.41. The number of carbonyl (C=O) groups is 1. The Balaban J connectivity index is 1.78. The Kier molecular flexibility index (Phi) is 5.27. The van der Waals surface area contributed by atoms with E-state index in [0.29, 0.717) is 24.2 Å². The lowest BCUT2D eigenvalue weighted by Gasteiger charge is -2.29. The van der Waals surface area contributed by atoms with Crippen molar-refractivity contribution >= 4 is 21.6 Å². The number of amides is 1. The van der Waals surface area contributed by atoms with Crippen LogP contribution in [0.2, 0.25) is 0 Å². The lowest BCUT2D eigenvalue weighted by atomic mass is 10.1. The minimum absolute atomic E-state index is 0.132. The number of nitrogens with zero attached hydrogens (tertiary/aromatic N) is 1. The Morgan fingerprint density at radius 3 is 2.58 bits per heavy atom. The predicted octanol–water partition coefficient (Wildman–Crippen LogP) is 2.99. The molecule has 1 saturated heterocycles. The van der Waals surface area contributed by atoms with E-state index in [1.807, 2.05) is 6.92 Å². The first-order valence-corrected chi connectivity index (χ1v) is 10.1. The Hall–Kier alpha value is -2.41. The summed E-state index contributed by atoms with van der Waals surface area (Å²) in [5, 5.41) is 2.78. The third-order valence-electron chi connectivity index (χ3n) is 4.46. The predicted molar refractivity (Wildman–Crippen MR) is 99.1 cm³/mol. The number of carbonyl (C=O) groups excluding carboxylic acids is 1. The van der Waals surface area contributed by atoms with Gasteiger partial charge in [-0.05, 0) is 55.2 Å². The molecule has 1 heterocycles. The standard InChI is InChI=1S/C19H21FN2O3S/c1-14-4-7-16(12-18(14)22-10-2-3-11-26(22,24)25)19(23)21-13-15-5-8-17(20)9-6-15/h4-9,12H,2-3,10-11,13H2,1H3,(H,21,23). The van der Waals surface area contributed by atoms with Crippen LogP contribution in [-0.2, 0) is 16.6 Å². The molecule has 0 spiro atoms. The Bertz CT molecular complexity index is 911. The molecule has 1 aliphatic rings. The van der Waals surface area contributed by atoms with Gasteiger partial charge in [-0.2, -0.15) is 0 Å². The van der Waals surface area contributed by atoms with Gasteiger partial charge in [0.15, 0.2) is 0 Å². The molecule has 3 rings (SSSR count). The second-order valence-corrected chi connectivity index (χ2v) is 8.42. The average Bonchev–Trinajstić information content (AvgIpc) is 2.61. The highest BCUT2D eigenvalue weighted by atomic mass is 32.2. The van der Waals surface area contributed by atoms with Gasteiger partial charge in [0.1, 0.15) is 5.82 Å². The average molecular weight is 376 g/mol. The molecule has 0 aromatic heterocycles. The molecule has 1 N–H and O–H groups in total. The van der Waals surface area contributed by atoms with E-state index in [-0.39, 0.29) is 24.0 Å². The summed E-state index contributed by atoms with van der Waals surface area (Å²) in [4.78, 5) is 12.4. The molecular weight excluding hydrogens is 355 g/mol. The van der Waals surface area contributed by atoms with Crippen LogP contribution in [-0.4, -0.2) is 26.6 Å². The van der Waals surface area contributed by atoms with Gasteiger partial charge in [-0.3, -0.25) is 9.10 Å². The molecule has 1 aliphatic heterocycles. The summed E-state index contributed by atoms with van der Waals surface area (Å²) < 4.78 is 39.0. The van der Waals surface area contributed by atoms with Crippen LogP contribution in [0.5, 0.6) is 0 Å². The molecule has 2 aromatic rings. The van der Waals surface area contributed by atoms with E-state index in [9.17, 15) is 17.6 Å². The number of aryl methyl sites for hydroxylation is 1. The molecule has 138 valence electrons. The van der Waals surface area contributed by atoms with Crippen LogP contribution >= 0.6 is 0 Å². The van der Waals surface area contributed by atoms with Gasteiger partial charge in [-0.1, -0.05) is 18.2 Å². The third-order valence-corrected chi connectivity index (χ3v) is 6.31. The first-order valence-electron chi connectivity index (χ1n) is 8.50. The molecule has 0 saturated carbocycles. The molecule has 0 atom stereocenters. The number of benzene rings is 2. The lowest BCUT2D eigenvalue weighted by molar-refractivity contribution is 0.0951. The van der Waals surface area contributed by atoms with E-state index in [1.54, 1.807) is 30.3 Å². The number of hydrogen-bond donors (Lipinski definition) is 1. The van der Waals surface area contributed by atoms with E-state index in [2.05, 4.69) is 5.32 Å². The zero-order valence-electron chi connectivity index (χ0n) is 14.5. The highest BCUT2D eigenvalue weighted by Crippen LogP contribution is 2.28. The second kappa shape index (κ2) is 7.45. The molecule has 0 radical (unpaired) electrons. The highest BCUT2D eigenvalue weighted by molar-refractivity contribution is 7.92.